The Balaban J connectivity index is 1.89. The van der Waals surface area contributed by atoms with E-state index in [2.05, 4.69) is 28.9 Å². The third-order valence-electron chi connectivity index (χ3n) is 3.78. The van der Waals surface area contributed by atoms with Crippen molar-refractivity contribution < 1.29 is 0 Å². The molecule has 1 saturated heterocycles. The lowest BCUT2D eigenvalue weighted by atomic mass is 9.91. The van der Waals surface area contributed by atoms with Crippen LogP contribution in [0.1, 0.15) is 32.4 Å². The van der Waals surface area contributed by atoms with Gasteiger partial charge in [0.25, 0.3) is 0 Å². The molecule has 0 radical (unpaired) electrons. The maximum absolute atomic E-state index is 5.75. The quantitative estimate of drug-likeness (QED) is 0.844. The van der Waals surface area contributed by atoms with E-state index in [-0.39, 0.29) is 0 Å². The Hall–Kier alpha value is -1.36. The van der Waals surface area contributed by atoms with Crippen molar-refractivity contribution in [3.63, 3.8) is 0 Å². The maximum atomic E-state index is 5.75. The highest BCUT2D eigenvalue weighted by Gasteiger charge is 2.21. The number of hydrogen-bond donors (Lipinski definition) is 2. The Morgan fingerprint density at radius 3 is 2.50 bits per heavy atom. The standard InChI is InChI=1S/C13H23N5/c1-9(2)18-5-3-10(4-6-18)7-11-8-12(14)13(15)17-16-11/h8-10H,3-7H2,1-2H3,(H2,14,16)(H2,15,17). The van der Waals surface area contributed by atoms with Gasteiger partial charge < -0.3 is 16.4 Å². The van der Waals surface area contributed by atoms with Crippen LogP contribution in [0.3, 0.4) is 0 Å². The van der Waals surface area contributed by atoms with E-state index in [1.165, 1.54) is 25.9 Å². The van der Waals surface area contributed by atoms with Crippen LogP contribution in [0.2, 0.25) is 0 Å². The van der Waals surface area contributed by atoms with Gasteiger partial charge in [-0.3, -0.25) is 0 Å². The average molecular weight is 249 g/mol. The minimum absolute atomic E-state index is 0.327. The SMILES string of the molecule is CC(C)N1CCC(Cc2cc(N)c(N)nn2)CC1. The molecule has 18 heavy (non-hydrogen) atoms. The predicted octanol–water partition coefficient (Wildman–Crippen LogP) is 1.30. The first-order valence-electron chi connectivity index (χ1n) is 6.68. The van der Waals surface area contributed by atoms with Crippen LogP contribution in [0, 0.1) is 5.92 Å². The normalized spacial score (nSPS) is 18.4. The smallest absolute Gasteiger partial charge is 0.169 e. The van der Waals surface area contributed by atoms with Gasteiger partial charge in [-0.15, -0.1) is 5.10 Å². The van der Waals surface area contributed by atoms with Gasteiger partial charge in [0.1, 0.15) is 0 Å². The number of aromatic nitrogens is 2. The van der Waals surface area contributed by atoms with E-state index in [9.17, 15) is 0 Å². The van der Waals surface area contributed by atoms with Gasteiger partial charge in [0, 0.05) is 6.04 Å². The summed E-state index contributed by atoms with van der Waals surface area (Å²) in [4.78, 5) is 2.53. The molecule has 1 fully saturated rings. The molecule has 4 N–H and O–H groups in total. The van der Waals surface area contributed by atoms with Crippen molar-refractivity contribution >= 4 is 11.5 Å². The van der Waals surface area contributed by atoms with Crippen molar-refractivity contribution in [3.8, 4) is 0 Å². The molecular weight excluding hydrogens is 226 g/mol. The Labute approximate surface area is 109 Å². The Bertz CT molecular complexity index is 396. The summed E-state index contributed by atoms with van der Waals surface area (Å²) >= 11 is 0. The molecule has 100 valence electrons. The van der Waals surface area contributed by atoms with Crippen LogP contribution in [-0.2, 0) is 6.42 Å². The molecule has 1 aliphatic rings. The molecule has 0 aliphatic carbocycles. The molecule has 1 aromatic rings. The first kappa shape index (κ1) is 13.1. The lowest BCUT2D eigenvalue weighted by Crippen LogP contribution is -2.38. The molecule has 0 saturated carbocycles. The van der Waals surface area contributed by atoms with Gasteiger partial charge in [0.15, 0.2) is 5.82 Å². The number of likely N-dealkylation sites (tertiary alicyclic amines) is 1. The summed E-state index contributed by atoms with van der Waals surface area (Å²) in [7, 11) is 0. The Morgan fingerprint density at radius 2 is 1.94 bits per heavy atom. The molecule has 5 nitrogen and oxygen atoms in total. The van der Waals surface area contributed by atoms with Crippen LogP contribution in [0.4, 0.5) is 11.5 Å². The van der Waals surface area contributed by atoms with Crippen LogP contribution in [-0.4, -0.2) is 34.2 Å². The maximum Gasteiger partial charge on any atom is 0.169 e. The van der Waals surface area contributed by atoms with E-state index < -0.39 is 0 Å². The molecule has 0 amide bonds. The number of nitrogens with zero attached hydrogens (tertiary/aromatic N) is 3. The number of anilines is 2. The van der Waals surface area contributed by atoms with Crippen molar-refractivity contribution in [1.29, 1.82) is 0 Å². The number of piperidine rings is 1. The molecule has 2 heterocycles. The van der Waals surface area contributed by atoms with Gasteiger partial charge in [-0.05, 0) is 58.2 Å². The highest BCUT2D eigenvalue weighted by Crippen LogP contribution is 2.23. The molecular formula is C13H23N5. The first-order chi connectivity index (χ1) is 8.56. The van der Waals surface area contributed by atoms with Crippen LogP contribution in [0.5, 0.6) is 0 Å². The van der Waals surface area contributed by atoms with Gasteiger partial charge in [0.2, 0.25) is 0 Å². The van der Waals surface area contributed by atoms with E-state index in [4.69, 9.17) is 11.5 Å². The van der Waals surface area contributed by atoms with Crippen LogP contribution < -0.4 is 11.5 Å². The molecule has 2 rings (SSSR count). The lowest BCUT2D eigenvalue weighted by Gasteiger charge is -2.34. The molecule has 5 heteroatoms. The van der Waals surface area contributed by atoms with Gasteiger partial charge in [-0.25, -0.2) is 0 Å². The minimum atomic E-state index is 0.327. The van der Waals surface area contributed by atoms with Crippen LogP contribution >= 0.6 is 0 Å². The Kier molecular flexibility index (Phi) is 4.01. The summed E-state index contributed by atoms with van der Waals surface area (Å²) in [6.45, 7) is 6.87. The van der Waals surface area contributed by atoms with Crippen molar-refractivity contribution in [2.75, 3.05) is 24.6 Å². The van der Waals surface area contributed by atoms with Gasteiger partial charge in [-0.2, -0.15) is 5.10 Å². The molecule has 0 spiro atoms. The van der Waals surface area contributed by atoms with Crippen molar-refractivity contribution in [1.82, 2.24) is 15.1 Å². The molecule has 1 aromatic heterocycles. The van der Waals surface area contributed by atoms with Crippen LogP contribution in [0.15, 0.2) is 6.07 Å². The molecule has 0 aromatic carbocycles. The van der Waals surface area contributed by atoms with Crippen molar-refractivity contribution in [3.05, 3.63) is 11.8 Å². The second-order valence-corrected chi connectivity index (χ2v) is 5.45. The molecule has 1 aliphatic heterocycles. The highest BCUT2D eigenvalue weighted by atomic mass is 15.2. The monoisotopic (exact) mass is 249 g/mol. The highest BCUT2D eigenvalue weighted by molar-refractivity contribution is 5.57. The predicted molar refractivity (Wildman–Crippen MR) is 74.0 cm³/mol. The number of nitrogen functional groups attached to an aromatic ring is 2. The summed E-state index contributed by atoms with van der Waals surface area (Å²) in [5, 5.41) is 8.00. The van der Waals surface area contributed by atoms with Crippen molar-refractivity contribution in [2.45, 2.75) is 39.2 Å². The first-order valence-corrected chi connectivity index (χ1v) is 6.68. The van der Waals surface area contributed by atoms with E-state index in [0.717, 1.165) is 12.1 Å². The topological polar surface area (TPSA) is 81.1 Å². The fraction of sp³-hybridized carbons (Fsp3) is 0.692. The van der Waals surface area contributed by atoms with E-state index >= 15 is 0 Å². The summed E-state index contributed by atoms with van der Waals surface area (Å²) in [5.74, 6) is 1.02. The third-order valence-corrected chi connectivity index (χ3v) is 3.78. The van der Waals surface area contributed by atoms with Gasteiger partial charge >= 0.3 is 0 Å². The van der Waals surface area contributed by atoms with Gasteiger partial charge in [-0.1, -0.05) is 0 Å². The van der Waals surface area contributed by atoms with Crippen molar-refractivity contribution in [2.24, 2.45) is 5.92 Å². The largest absolute Gasteiger partial charge is 0.396 e. The second-order valence-electron chi connectivity index (χ2n) is 5.45. The second kappa shape index (κ2) is 5.52. The summed E-state index contributed by atoms with van der Waals surface area (Å²) in [6.07, 6.45) is 3.41. The zero-order chi connectivity index (χ0) is 13.1. The average Bonchev–Trinajstić information content (AvgIpc) is 2.34. The molecule has 0 unspecified atom stereocenters. The third kappa shape index (κ3) is 3.10. The van der Waals surface area contributed by atoms with Gasteiger partial charge in [0.05, 0.1) is 11.4 Å². The summed E-state index contributed by atoms with van der Waals surface area (Å²) in [5.41, 5.74) is 12.8. The van der Waals surface area contributed by atoms with E-state index in [0.29, 0.717) is 23.5 Å². The molecule has 0 bridgehead atoms. The minimum Gasteiger partial charge on any atom is -0.396 e. The number of nitrogens with two attached hydrogens (primary N) is 2. The molecule has 0 atom stereocenters. The lowest BCUT2D eigenvalue weighted by molar-refractivity contribution is 0.149. The number of hydrogen-bond acceptors (Lipinski definition) is 5. The Morgan fingerprint density at radius 1 is 1.28 bits per heavy atom. The summed E-state index contributed by atoms with van der Waals surface area (Å²) in [6, 6.07) is 2.51. The zero-order valence-electron chi connectivity index (χ0n) is 11.3. The zero-order valence-corrected chi connectivity index (χ0v) is 11.3. The van der Waals surface area contributed by atoms with E-state index in [1.54, 1.807) is 0 Å². The van der Waals surface area contributed by atoms with E-state index in [1.807, 2.05) is 6.07 Å². The van der Waals surface area contributed by atoms with Crippen LogP contribution in [0.25, 0.3) is 0 Å². The fourth-order valence-corrected chi connectivity index (χ4v) is 2.53. The summed E-state index contributed by atoms with van der Waals surface area (Å²) < 4.78 is 0. The fourth-order valence-electron chi connectivity index (χ4n) is 2.53. The number of rotatable bonds is 3.